The van der Waals surface area contributed by atoms with E-state index in [2.05, 4.69) is 9.97 Å². The molecule has 0 saturated heterocycles. The second kappa shape index (κ2) is 4.51. The highest BCUT2D eigenvalue weighted by molar-refractivity contribution is 5.90. The highest BCUT2D eigenvalue weighted by Gasteiger charge is 2.49. The summed E-state index contributed by atoms with van der Waals surface area (Å²) in [7, 11) is 0. The van der Waals surface area contributed by atoms with E-state index in [1.54, 1.807) is 0 Å². The van der Waals surface area contributed by atoms with Crippen molar-refractivity contribution in [2.24, 2.45) is 0 Å². The third-order valence-electron chi connectivity index (χ3n) is 2.30. The van der Waals surface area contributed by atoms with Gasteiger partial charge in [0.25, 0.3) is 5.79 Å². The number of carbonyl (C=O) groups is 1. The van der Waals surface area contributed by atoms with Crippen molar-refractivity contribution in [3.63, 3.8) is 0 Å². The molecule has 0 aliphatic heterocycles. The zero-order valence-electron chi connectivity index (χ0n) is 9.08. The largest absolute Gasteiger partial charge is 0.396 e. The molecule has 0 saturated carbocycles. The van der Waals surface area contributed by atoms with Gasteiger partial charge in [-0.05, 0) is 0 Å². The lowest BCUT2D eigenvalue weighted by molar-refractivity contribution is -0.370. The Morgan fingerprint density at radius 2 is 2.00 bits per heavy atom. The number of aliphatic hydroxyl groups is 5. The minimum atomic E-state index is -3.07. The average Bonchev–Trinajstić information content (AvgIpc) is 2.66. The van der Waals surface area contributed by atoms with Crippen LogP contribution in [0.3, 0.4) is 0 Å². The van der Waals surface area contributed by atoms with E-state index in [-0.39, 0.29) is 5.82 Å². The number of nitrogens with zero attached hydrogens (tertiary/aromatic N) is 1. The molecule has 0 aliphatic rings. The summed E-state index contributed by atoms with van der Waals surface area (Å²) < 4.78 is 0. The van der Waals surface area contributed by atoms with Gasteiger partial charge < -0.3 is 30.5 Å². The van der Waals surface area contributed by atoms with Gasteiger partial charge in [-0.15, -0.1) is 0 Å². The summed E-state index contributed by atoms with van der Waals surface area (Å²) in [5.74, 6) is -6.64. The first-order chi connectivity index (χ1) is 7.72. The Kier molecular flexibility index (Phi) is 3.65. The number of H-pyrrole nitrogens is 1. The Morgan fingerprint density at radius 1 is 1.41 bits per heavy atom. The molecular weight excluding hydrogens is 232 g/mol. The summed E-state index contributed by atoms with van der Waals surface area (Å²) in [6.45, 7) is 0.543. The van der Waals surface area contributed by atoms with Gasteiger partial charge in [0.05, 0.1) is 6.20 Å². The van der Waals surface area contributed by atoms with Crippen LogP contribution in [0.4, 0.5) is 0 Å². The molecule has 0 radical (unpaired) electrons. The quantitative estimate of drug-likeness (QED) is 0.255. The molecular formula is C9H14N2O6. The van der Waals surface area contributed by atoms with Gasteiger partial charge in [-0.3, -0.25) is 4.79 Å². The predicted molar refractivity (Wildman–Crippen MR) is 53.6 cm³/mol. The summed E-state index contributed by atoms with van der Waals surface area (Å²) in [5.41, 5.74) is -0.457. The number of aromatic nitrogens is 2. The van der Waals surface area contributed by atoms with E-state index in [9.17, 15) is 25.2 Å². The first-order valence-corrected chi connectivity index (χ1v) is 4.79. The molecule has 17 heavy (non-hydrogen) atoms. The third-order valence-corrected chi connectivity index (χ3v) is 2.30. The number of aromatic amines is 1. The lowest BCUT2D eigenvalue weighted by Gasteiger charge is -2.33. The number of imidazole rings is 1. The van der Waals surface area contributed by atoms with Crippen molar-refractivity contribution in [1.29, 1.82) is 0 Å². The zero-order chi connectivity index (χ0) is 13.3. The van der Waals surface area contributed by atoms with Crippen molar-refractivity contribution in [1.82, 2.24) is 9.97 Å². The molecule has 0 unspecified atom stereocenters. The first kappa shape index (κ1) is 13.7. The summed E-state index contributed by atoms with van der Waals surface area (Å²) in [6, 6.07) is 0. The second-order valence-electron chi connectivity index (χ2n) is 3.66. The normalized spacial score (nSPS) is 12.8. The lowest BCUT2D eigenvalue weighted by Crippen LogP contribution is -2.52. The van der Waals surface area contributed by atoms with Gasteiger partial charge in [-0.25, -0.2) is 4.98 Å². The minimum Gasteiger partial charge on any atom is -0.396 e. The highest BCUT2D eigenvalue weighted by Crippen LogP contribution is 2.29. The molecule has 1 rings (SSSR count). The van der Waals surface area contributed by atoms with Crippen LogP contribution >= 0.6 is 0 Å². The molecule has 0 atom stereocenters. The van der Waals surface area contributed by atoms with Crippen LogP contribution in [-0.4, -0.2) is 53.7 Å². The summed E-state index contributed by atoms with van der Waals surface area (Å²) in [4.78, 5) is 16.7. The van der Waals surface area contributed by atoms with E-state index in [0.29, 0.717) is 0 Å². The Balaban J connectivity index is 3.07. The van der Waals surface area contributed by atoms with Crippen molar-refractivity contribution in [2.45, 2.75) is 24.9 Å². The van der Waals surface area contributed by atoms with Crippen molar-refractivity contribution in [3.05, 3.63) is 17.7 Å². The number of aliphatic hydroxyl groups excluding tert-OH is 1. The molecule has 1 heterocycles. The van der Waals surface area contributed by atoms with E-state index in [4.69, 9.17) is 5.11 Å². The van der Waals surface area contributed by atoms with Gasteiger partial charge in [-0.2, -0.15) is 0 Å². The zero-order valence-corrected chi connectivity index (χ0v) is 9.08. The molecule has 96 valence electrons. The van der Waals surface area contributed by atoms with Crippen LogP contribution in [0, 0.1) is 0 Å². The third kappa shape index (κ3) is 2.51. The van der Waals surface area contributed by atoms with Crippen molar-refractivity contribution < 1.29 is 30.3 Å². The number of carbonyl (C=O) groups excluding carboxylic acids is 1. The van der Waals surface area contributed by atoms with Crippen LogP contribution in [0.1, 0.15) is 29.7 Å². The molecule has 0 fully saturated rings. The van der Waals surface area contributed by atoms with Crippen LogP contribution < -0.4 is 0 Å². The minimum absolute atomic E-state index is 0.146. The van der Waals surface area contributed by atoms with E-state index in [1.165, 1.54) is 6.92 Å². The van der Waals surface area contributed by atoms with E-state index in [0.717, 1.165) is 6.20 Å². The van der Waals surface area contributed by atoms with Crippen LogP contribution in [0.25, 0.3) is 0 Å². The van der Waals surface area contributed by atoms with E-state index in [1.807, 2.05) is 0 Å². The Labute approximate surface area is 96.2 Å². The fraction of sp³-hybridized carbons (Fsp3) is 0.556. The predicted octanol–water partition coefficient (Wildman–Crippen LogP) is -2.19. The van der Waals surface area contributed by atoms with Gasteiger partial charge in [0.2, 0.25) is 5.79 Å². The summed E-state index contributed by atoms with van der Waals surface area (Å²) >= 11 is 0. The van der Waals surface area contributed by atoms with Crippen molar-refractivity contribution >= 4 is 5.78 Å². The summed E-state index contributed by atoms with van der Waals surface area (Å²) in [5, 5.41) is 46.6. The molecule has 8 heteroatoms. The van der Waals surface area contributed by atoms with Gasteiger partial charge >= 0.3 is 0 Å². The SMILES string of the molecule is CC(=O)c1ncc(C(O)(O)C(O)(O)CCO)[nH]1. The molecule has 0 aliphatic carbocycles. The molecule has 1 aromatic rings. The maximum atomic E-state index is 10.9. The van der Waals surface area contributed by atoms with Crippen LogP contribution in [-0.2, 0) is 5.79 Å². The molecule has 1 aromatic heterocycles. The molecule has 0 spiro atoms. The van der Waals surface area contributed by atoms with E-state index >= 15 is 0 Å². The number of ketones is 1. The van der Waals surface area contributed by atoms with E-state index < -0.39 is 36.1 Å². The Hall–Kier alpha value is -1.32. The summed E-state index contributed by atoms with van der Waals surface area (Å²) in [6.07, 6.45) is 0.212. The maximum absolute atomic E-state index is 10.9. The van der Waals surface area contributed by atoms with Gasteiger partial charge in [-0.1, -0.05) is 0 Å². The fourth-order valence-corrected chi connectivity index (χ4v) is 1.22. The molecule has 6 N–H and O–H groups in total. The van der Waals surface area contributed by atoms with Crippen LogP contribution in [0.2, 0.25) is 0 Å². The topological polar surface area (TPSA) is 147 Å². The molecule has 0 bridgehead atoms. The molecule has 8 nitrogen and oxygen atoms in total. The number of rotatable bonds is 5. The maximum Gasteiger partial charge on any atom is 0.262 e. The average molecular weight is 246 g/mol. The highest BCUT2D eigenvalue weighted by atomic mass is 16.6. The molecule has 0 aromatic carbocycles. The molecule has 0 amide bonds. The smallest absolute Gasteiger partial charge is 0.262 e. The second-order valence-corrected chi connectivity index (χ2v) is 3.66. The standard InChI is InChI=1S/C9H14N2O6/c1-5(13)7-10-4-6(11-7)9(16,17)8(14,15)2-3-12/h4,12,14-17H,2-3H2,1H3,(H,10,11). The van der Waals surface area contributed by atoms with Crippen LogP contribution in [0.15, 0.2) is 6.20 Å². The Morgan fingerprint density at radius 3 is 2.41 bits per heavy atom. The number of Topliss-reactive ketones (excluding diaryl/α,β-unsaturated/α-hetero) is 1. The number of nitrogens with one attached hydrogen (secondary N) is 1. The first-order valence-electron chi connectivity index (χ1n) is 4.79. The number of hydrogen-bond acceptors (Lipinski definition) is 7. The van der Waals surface area contributed by atoms with Crippen molar-refractivity contribution in [2.75, 3.05) is 6.61 Å². The van der Waals surface area contributed by atoms with Crippen molar-refractivity contribution in [3.8, 4) is 0 Å². The monoisotopic (exact) mass is 246 g/mol. The lowest BCUT2D eigenvalue weighted by atomic mass is 10.0. The Bertz CT molecular complexity index is 411. The van der Waals surface area contributed by atoms with Crippen LogP contribution in [0.5, 0.6) is 0 Å². The van der Waals surface area contributed by atoms with Gasteiger partial charge in [0.1, 0.15) is 5.69 Å². The van der Waals surface area contributed by atoms with Gasteiger partial charge in [0, 0.05) is 20.0 Å². The van der Waals surface area contributed by atoms with Gasteiger partial charge in [0.15, 0.2) is 11.6 Å². The fourth-order valence-electron chi connectivity index (χ4n) is 1.22. The number of hydrogen-bond donors (Lipinski definition) is 6.